The van der Waals surface area contributed by atoms with E-state index in [-0.39, 0.29) is 12.6 Å². The summed E-state index contributed by atoms with van der Waals surface area (Å²) in [4.78, 5) is 0. The van der Waals surface area contributed by atoms with Gasteiger partial charge in [0, 0.05) is 12.6 Å². The van der Waals surface area contributed by atoms with Crippen LogP contribution >= 0.6 is 0 Å². The molecule has 0 bridgehead atoms. The van der Waals surface area contributed by atoms with Gasteiger partial charge in [0.1, 0.15) is 0 Å². The van der Waals surface area contributed by atoms with E-state index < -0.39 is 11.7 Å². The molecule has 2 nitrogen and oxygen atoms in total. The molecule has 0 aliphatic rings. The Balaban J connectivity index is 2.82. The predicted molar refractivity (Wildman–Crippen MR) is 66.1 cm³/mol. The second-order valence-corrected chi connectivity index (χ2v) is 3.94. The molecule has 0 spiro atoms. The second-order valence-electron chi connectivity index (χ2n) is 3.94. The Morgan fingerprint density at radius 1 is 1.39 bits per heavy atom. The maximum absolute atomic E-state index is 12.6. The molecule has 0 saturated carbocycles. The van der Waals surface area contributed by atoms with Crippen molar-refractivity contribution in [3.63, 3.8) is 0 Å². The zero-order chi connectivity index (χ0) is 13.6. The van der Waals surface area contributed by atoms with E-state index in [0.717, 1.165) is 18.6 Å². The van der Waals surface area contributed by atoms with Gasteiger partial charge in [-0.3, -0.25) is 0 Å². The van der Waals surface area contributed by atoms with Crippen molar-refractivity contribution < 1.29 is 13.2 Å². The minimum Gasteiger partial charge on any atom is -0.329 e. The average Bonchev–Trinajstić information content (AvgIpc) is 2.34. The van der Waals surface area contributed by atoms with Gasteiger partial charge in [0.15, 0.2) is 0 Å². The van der Waals surface area contributed by atoms with Crippen LogP contribution in [0.25, 0.3) is 0 Å². The monoisotopic (exact) mass is 258 g/mol. The molecule has 0 amide bonds. The van der Waals surface area contributed by atoms with Crippen LogP contribution in [-0.2, 0) is 6.18 Å². The first kappa shape index (κ1) is 14.7. The van der Waals surface area contributed by atoms with Crippen LogP contribution in [0.4, 0.5) is 13.2 Å². The molecular formula is C13H17F3N2. The van der Waals surface area contributed by atoms with Gasteiger partial charge < -0.3 is 11.1 Å². The molecule has 1 atom stereocenters. The Hall–Kier alpha value is -1.33. The number of halogens is 3. The Kier molecular flexibility index (Phi) is 5.37. The van der Waals surface area contributed by atoms with Crippen molar-refractivity contribution in [2.75, 3.05) is 13.1 Å². The van der Waals surface area contributed by atoms with E-state index in [1.54, 1.807) is 12.1 Å². The highest BCUT2D eigenvalue weighted by atomic mass is 19.4. The molecule has 1 aromatic carbocycles. The highest BCUT2D eigenvalue weighted by molar-refractivity contribution is 5.28. The fraction of sp³-hybridized carbons (Fsp3) is 0.385. The number of nitrogens with one attached hydrogen (secondary N) is 1. The van der Waals surface area contributed by atoms with Crippen LogP contribution in [0, 0.1) is 0 Å². The van der Waals surface area contributed by atoms with E-state index in [9.17, 15) is 13.2 Å². The third-order valence-corrected chi connectivity index (χ3v) is 2.59. The van der Waals surface area contributed by atoms with Crippen LogP contribution in [0.3, 0.4) is 0 Å². The summed E-state index contributed by atoms with van der Waals surface area (Å²) in [5.41, 5.74) is 5.48. The van der Waals surface area contributed by atoms with Gasteiger partial charge in [0.05, 0.1) is 5.56 Å². The van der Waals surface area contributed by atoms with Crippen LogP contribution in [0.2, 0.25) is 0 Å². The Morgan fingerprint density at radius 3 is 2.67 bits per heavy atom. The summed E-state index contributed by atoms with van der Waals surface area (Å²) in [5, 5.41) is 3.10. The second kappa shape index (κ2) is 6.56. The van der Waals surface area contributed by atoms with Crippen LogP contribution in [0.5, 0.6) is 0 Å². The Bertz CT molecular complexity index is 388. The summed E-state index contributed by atoms with van der Waals surface area (Å²) in [6.45, 7) is 4.47. The molecule has 0 radical (unpaired) electrons. The highest BCUT2D eigenvalue weighted by Crippen LogP contribution is 2.30. The largest absolute Gasteiger partial charge is 0.416 e. The quantitative estimate of drug-likeness (QED) is 0.608. The minimum atomic E-state index is -4.32. The smallest absolute Gasteiger partial charge is 0.329 e. The van der Waals surface area contributed by atoms with Crippen molar-refractivity contribution in [2.45, 2.75) is 18.6 Å². The topological polar surface area (TPSA) is 38.0 Å². The van der Waals surface area contributed by atoms with E-state index in [1.165, 1.54) is 6.07 Å². The van der Waals surface area contributed by atoms with Gasteiger partial charge in [-0.2, -0.15) is 13.2 Å². The molecule has 0 aliphatic carbocycles. The van der Waals surface area contributed by atoms with Crippen molar-refractivity contribution >= 4 is 0 Å². The van der Waals surface area contributed by atoms with Gasteiger partial charge in [-0.1, -0.05) is 18.2 Å². The first-order valence-electron chi connectivity index (χ1n) is 5.70. The lowest BCUT2D eigenvalue weighted by atomic mass is 10.0. The standard InChI is InChI=1S/C13H17F3N2/c1-2-3-7-18-12(9-17)10-5-4-6-11(8-10)13(14,15)16/h2,4-6,8,12,18H,1,3,7,9,17H2. The number of hydrogen-bond donors (Lipinski definition) is 2. The molecule has 0 fully saturated rings. The lowest BCUT2D eigenvalue weighted by Crippen LogP contribution is -2.29. The van der Waals surface area contributed by atoms with Crippen molar-refractivity contribution in [3.05, 3.63) is 48.0 Å². The van der Waals surface area contributed by atoms with Crippen LogP contribution in [0.15, 0.2) is 36.9 Å². The summed E-state index contributed by atoms with van der Waals surface area (Å²) < 4.78 is 37.7. The van der Waals surface area contributed by atoms with Gasteiger partial charge in [0.25, 0.3) is 0 Å². The van der Waals surface area contributed by atoms with Crippen molar-refractivity contribution in [1.82, 2.24) is 5.32 Å². The van der Waals surface area contributed by atoms with E-state index >= 15 is 0 Å². The molecule has 0 heterocycles. The average molecular weight is 258 g/mol. The fourth-order valence-electron chi connectivity index (χ4n) is 1.63. The van der Waals surface area contributed by atoms with E-state index in [0.29, 0.717) is 12.1 Å². The van der Waals surface area contributed by atoms with E-state index in [4.69, 9.17) is 5.73 Å². The summed E-state index contributed by atoms with van der Waals surface area (Å²) in [6.07, 6.45) is -1.83. The zero-order valence-corrected chi connectivity index (χ0v) is 10.0. The fourth-order valence-corrected chi connectivity index (χ4v) is 1.63. The number of alkyl halides is 3. The lowest BCUT2D eigenvalue weighted by Gasteiger charge is -2.18. The number of hydrogen-bond acceptors (Lipinski definition) is 2. The molecule has 0 aliphatic heterocycles. The van der Waals surface area contributed by atoms with Gasteiger partial charge >= 0.3 is 6.18 Å². The first-order valence-corrected chi connectivity index (χ1v) is 5.70. The number of benzene rings is 1. The molecule has 1 aromatic rings. The maximum atomic E-state index is 12.6. The van der Waals surface area contributed by atoms with Gasteiger partial charge in [-0.15, -0.1) is 6.58 Å². The zero-order valence-electron chi connectivity index (χ0n) is 10.0. The lowest BCUT2D eigenvalue weighted by molar-refractivity contribution is -0.137. The molecule has 0 aromatic heterocycles. The highest BCUT2D eigenvalue weighted by Gasteiger charge is 2.30. The predicted octanol–water partition coefficient (Wildman–Crippen LogP) is 2.87. The molecule has 1 rings (SSSR count). The van der Waals surface area contributed by atoms with Gasteiger partial charge in [0.2, 0.25) is 0 Å². The van der Waals surface area contributed by atoms with Crippen LogP contribution in [0.1, 0.15) is 23.6 Å². The molecule has 0 saturated heterocycles. The molecule has 18 heavy (non-hydrogen) atoms. The third kappa shape index (κ3) is 4.16. The number of rotatable bonds is 6. The van der Waals surface area contributed by atoms with Crippen molar-refractivity contribution in [1.29, 1.82) is 0 Å². The first-order chi connectivity index (χ1) is 8.49. The molecular weight excluding hydrogens is 241 g/mol. The summed E-state index contributed by atoms with van der Waals surface area (Å²) in [6, 6.07) is 4.97. The van der Waals surface area contributed by atoms with Crippen LogP contribution < -0.4 is 11.1 Å². The Morgan fingerprint density at radius 2 is 2.11 bits per heavy atom. The maximum Gasteiger partial charge on any atom is 0.416 e. The molecule has 5 heteroatoms. The van der Waals surface area contributed by atoms with Gasteiger partial charge in [-0.25, -0.2) is 0 Å². The summed E-state index contributed by atoms with van der Waals surface area (Å²) in [5.74, 6) is 0. The SMILES string of the molecule is C=CCCNC(CN)c1cccc(C(F)(F)F)c1. The molecule has 1 unspecified atom stereocenters. The van der Waals surface area contributed by atoms with Crippen molar-refractivity contribution in [3.8, 4) is 0 Å². The van der Waals surface area contributed by atoms with E-state index in [2.05, 4.69) is 11.9 Å². The third-order valence-electron chi connectivity index (χ3n) is 2.59. The molecule has 100 valence electrons. The summed E-state index contributed by atoms with van der Waals surface area (Å²) in [7, 11) is 0. The van der Waals surface area contributed by atoms with Gasteiger partial charge in [-0.05, 0) is 30.7 Å². The van der Waals surface area contributed by atoms with E-state index in [1.807, 2.05) is 0 Å². The summed E-state index contributed by atoms with van der Waals surface area (Å²) >= 11 is 0. The minimum absolute atomic E-state index is 0.248. The van der Waals surface area contributed by atoms with Crippen LogP contribution in [-0.4, -0.2) is 13.1 Å². The Labute approximate surface area is 105 Å². The van der Waals surface area contributed by atoms with Crippen molar-refractivity contribution in [2.24, 2.45) is 5.73 Å². The normalized spacial score (nSPS) is 13.3. The number of nitrogens with two attached hydrogens (primary N) is 1. The molecule has 3 N–H and O–H groups in total.